The molecule has 0 amide bonds. The van der Waals surface area contributed by atoms with Crippen molar-refractivity contribution in [1.29, 1.82) is 0 Å². The predicted octanol–water partition coefficient (Wildman–Crippen LogP) is 2.98. The van der Waals surface area contributed by atoms with Crippen molar-refractivity contribution in [3.63, 3.8) is 0 Å². The fourth-order valence-electron chi connectivity index (χ4n) is 2.29. The SMILES string of the molecule is CC(C)(C)Nc1n[nH]c2c1CCc1occc1-2. The lowest BCUT2D eigenvalue weighted by atomic mass is 9.95. The lowest BCUT2D eigenvalue weighted by Crippen LogP contribution is -2.27. The van der Waals surface area contributed by atoms with Crippen LogP contribution in [-0.2, 0) is 12.8 Å². The van der Waals surface area contributed by atoms with Gasteiger partial charge in [0.05, 0.1) is 12.0 Å². The highest BCUT2D eigenvalue weighted by Crippen LogP contribution is 2.36. The van der Waals surface area contributed by atoms with E-state index in [1.165, 1.54) is 5.56 Å². The average molecular weight is 231 g/mol. The number of furan rings is 1. The maximum atomic E-state index is 5.45. The number of hydrogen-bond acceptors (Lipinski definition) is 3. The van der Waals surface area contributed by atoms with E-state index >= 15 is 0 Å². The molecular formula is C13H17N3O. The van der Waals surface area contributed by atoms with E-state index in [2.05, 4.69) is 36.3 Å². The number of H-pyrrole nitrogens is 1. The van der Waals surface area contributed by atoms with Crippen molar-refractivity contribution in [2.24, 2.45) is 0 Å². The number of aromatic nitrogens is 2. The molecule has 90 valence electrons. The summed E-state index contributed by atoms with van der Waals surface area (Å²) in [5.41, 5.74) is 3.56. The third kappa shape index (κ3) is 1.73. The number of anilines is 1. The van der Waals surface area contributed by atoms with E-state index in [4.69, 9.17) is 4.42 Å². The van der Waals surface area contributed by atoms with Gasteiger partial charge in [0.15, 0.2) is 5.82 Å². The van der Waals surface area contributed by atoms with Crippen molar-refractivity contribution in [3.8, 4) is 11.3 Å². The lowest BCUT2D eigenvalue weighted by molar-refractivity contribution is 0.507. The first-order valence-electron chi connectivity index (χ1n) is 5.97. The lowest BCUT2D eigenvalue weighted by Gasteiger charge is -2.22. The molecule has 0 fully saturated rings. The molecule has 2 aromatic rings. The molecule has 4 nitrogen and oxygen atoms in total. The highest BCUT2D eigenvalue weighted by molar-refractivity contribution is 5.72. The molecule has 2 heterocycles. The smallest absolute Gasteiger partial charge is 0.152 e. The number of fused-ring (bicyclic) bond motifs is 3. The molecule has 0 aromatic carbocycles. The monoisotopic (exact) mass is 231 g/mol. The molecule has 0 atom stereocenters. The fourth-order valence-corrected chi connectivity index (χ4v) is 2.29. The van der Waals surface area contributed by atoms with Gasteiger partial charge in [0, 0.05) is 23.1 Å². The first-order chi connectivity index (χ1) is 8.04. The second-order valence-corrected chi connectivity index (χ2v) is 5.56. The molecule has 17 heavy (non-hydrogen) atoms. The van der Waals surface area contributed by atoms with Crippen LogP contribution in [0.15, 0.2) is 16.7 Å². The minimum Gasteiger partial charge on any atom is -0.469 e. The van der Waals surface area contributed by atoms with Crippen molar-refractivity contribution < 1.29 is 4.42 Å². The van der Waals surface area contributed by atoms with Crippen molar-refractivity contribution in [3.05, 3.63) is 23.7 Å². The summed E-state index contributed by atoms with van der Waals surface area (Å²) in [4.78, 5) is 0. The Morgan fingerprint density at radius 2 is 2.18 bits per heavy atom. The van der Waals surface area contributed by atoms with Crippen LogP contribution in [0.1, 0.15) is 32.1 Å². The molecule has 0 radical (unpaired) electrons. The zero-order valence-corrected chi connectivity index (χ0v) is 10.4. The van der Waals surface area contributed by atoms with E-state index in [0.717, 1.165) is 35.7 Å². The van der Waals surface area contributed by atoms with Crippen LogP contribution in [0.5, 0.6) is 0 Å². The number of nitrogens with zero attached hydrogens (tertiary/aromatic N) is 1. The number of aryl methyl sites for hydroxylation is 1. The second kappa shape index (κ2) is 3.39. The highest BCUT2D eigenvalue weighted by Gasteiger charge is 2.25. The number of hydrogen-bond donors (Lipinski definition) is 2. The van der Waals surface area contributed by atoms with Gasteiger partial charge in [-0.05, 0) is 33.3 Å². The quantitative estimate of drug-likeness (QED) is 0.793. The van der Waals surface area contributed by atoms with Gasteiger partial charge in [-0.25, -0.2) is 0 Å². The van der Waals surface area contributed by atoms with E-state index in [1.807, 2.05) is 6.07 Å². The predicted molar refractivity (Wildman–Crippen MR) is 67.1 cm³/mol. The molecule has 3 rings (SSSR count). The van der Waals surface area contributed by atoms with Gasteiger partial charge < -0.3 is 9.73 Å². The van der Waals surface area contributed by atoms with E-state index in [0.29, 0.717) is 0 Å². The summed E-state index contributed by atoms with van der Waals surface area (Å²) in [6, 6.07) is 2.01. The van der Waals surface area contributed by atoms with Crippen molar-refractivity contribution in [2.45, 2.75) is 39.2 Å². The molecule has 2 N–H and O–H groups in total. The second-order valence-electron chi connectivity index (χ2n) is 5.56. The molecule has 0 bridgehead atoms. The Morgan fingerprint density at radius 3 is 2.94 bits per heavy atom. The Morgan fingerprint density at radius 1 is 1.35 bits per heavy atom. The Kier molecular flexibility index (Phi) is 2.08. The summed E-state index contributed by atoms with van der Waals surface area (Å²) < 4.78 is 5.45. The maximum Gasteiger partial charge on any atom is 0.152 e. The van der Waals surface area contributed by atoms with Crippen molar-refractivity contribution in [1.82, 2.24) is 10.2 Å². The van der Waals surface area contributed by atoms with Crippen LogP contribution < -0.4 is 5.32 Å². The maximum absolute atomic E-state index is 5.45. The Balaban J connectivity index is 2.03. The fraction of sp³-hybridized carbons (Fsp3) is 0.462. The highest BCUT2D eigenvalue weighted by atomic mass is 16.3. The minimum absolute atomic E-state index is 0.0274. The van der Waals surface area contributed by atoms with Gasteiger partial charge in [-0.2, -0.15) is 5.10 Å². The standard InChI is InChI=1S/C13H17N3O/c1-13(2,3)14-12-9-4-5-10-8(6-7-17-10)11(9)15-16-12/h6-7H,4-5H2,1-3H3,(H2,14,15,16). The van der Waals surface area contributed by atoms with Gasteiger partial charge in [0.2, 0.25) is 0 Å². The number of nitrogens with one attached hydrogen (secondary N) is 2. The van der Waals surface area contributed by atoms with Gasteiger partial charge in [0.25, 0.3) is 0 Å². The molecule has 4 heteroatoms. The van der Waals surface area contributed by atoms with Gasteiger partial charge in [0.1, 0.15) is 5.76 Å². The summed E-state index contributed by atoms with van der Waals surface area (Å²) in [6.45, 7) is 6.42. The Hall–Kier alpha value is -1.71. The topological polar surface area (TPSA) is 53.9 Å². The zero-order valence-electron chi connectivity index (χ0n) is 10.4. The third-order valence-electron chi connectivity index (χ3n) is 2.98. The van der Waals surface area contributed by atoms with Crippen LogP contribution in [0.25, 0.3) is 11.3 Å². The van der Waals surface area contributed by atoms with Crippen LogP contribution >= 0.6 is 0 Å². The molecule has 0 aliphatic heterocycles. The van der Waals surface area contributed by atoms with Crippen LogP contribution in [0.3, 0.4) is 0 Å². The van der Waals surface area contributed by atoms with Crippen LogP contribution in [0, 0.1) is 0 Å². The van der Waals surface area contributed by atoms with E-state index in [9.17, 15) is 0 Å². The van der Waals surface area contributed by atoms with Crippen LogP contribution in [0.4, 0.5) is 5.82 Å². The van der Waals surface area contributed by atoms with Crippen LogP contribution in [0.2, 0.25) is 0 Å². The Bertz CT molecular complexity index is 545. The van der Waals surface area contributed by atoms with E-state index in [-0.39, 0.29) is 5.54 Å². The summed E-state index contributed by atoms with van der Waals surface area (Å²) in [5, 5.41) is 10.9. The first-order valence-corrected chi connectivity index (χ1v) is 5.97. The molecule has 0 saturated heterocycles. The molecule has 1 aliphatic rings. The van der Waals surface area contributed by atoms with Gasteiger partial charge >= 0.3 is 0 Å². The zero-order chi connectivity index (χ0) is 12.0. The van der Waals surface area contributed by atoms with Crippen LogP contribution in [-0.4, -0.2) is 15.7 Å². The van der Waals surface area contributed by atoms with Crippen molar-refractivity contribution in [2.75, 3.05) is 5.32 Å². The normalized spacial score (nSPS) is 14.3. The number of aromatic amines is 1. The largest absolute Gasteiger partial charge is 0.469 e. The van der Waals surface area contributed by atoms with E-state index in [1.54, 1.807) is 6.26 Å². The minimum atomic E-state index is 0.0274. The van der Waals surface area contributed by atoms with Gasteiger partial charge in [-0.15, -0.1) is 0 Å². The molecular weight excluding hydrogens is 214 g/mol. The average Bonchev–Trinajstić information content (AvgIpc) is 2.81. The molecule has 2 aromatic heterocycles. The molecule has 1 aliphatic carbocycles. The Labute approximate surface area is 100 Å². The van der Waals surface area contributed by atoms with Gasteiger partial charge in [-0.1, -0.05) is 0 Å². The third-order valence-corrected chi connectivity index (χ3v) is 2.98. The summed E-state index contributed by atoms with van der Waals surface area (Å²) >= 11 is 0. The van der Waals surface area contributed by atoms with Gasteiger partial charge in [-0.3, -0.25) is 5.10 Å². The molecule has 0 spiro atoms. The first kappa shape index (κ1) is 10.4. The summed E-state index contributed by atoms with van der Waals surface area (Å²) in [7, 11) is 0. The summed E-state index contributed by atoms with van der Waals surface area (Å²) in [5.74, 6) is 2.03. The van der Waals surface area contributed by atoms with Crippen molar-refractivity contribution >= 4 is 5.82 Å². The number of rotatable bonds is 1. The molecule has 0 unspecified atom stereocenters. The van der Waals surface area contributed by atoms with E-state index < -0.39 is 0 Å². The molecule has 0 saturated carbocycles. The summed E-state index contributed by atoms with van der Waals surface area (Å²) in [6.07, 6.45) is 3.68.